The highest BCUT2D eigenvalue weighted by molar-refractivity contribution is 5.94. The first-order valence-electron chi connectivity index (χ1n) is 9.07. The lowest BCUT2D eigenvalue weighted by molar-refractivity contribution is -0.895. The van der Waals surface area contributed by atoms with Crippen molar-refractivity contribution in [1.29, 1.82) is 0 Å². The number of quaternary nitrogens is 1. The van der Waals surface area contributed by atoms with Crippen molar-refractivity contribution in [3.63, 3.8) is 0 Å². The van der Waals surface area contributed by atoms with Gasteiger partial charge in [-0.2, -0.15) is 0 Å². The summed E-state index contributed by atoms with van der Waals surface area (Å²) in [5.74, 6) is -0.130. The van der Waals surface area contributed by atoms with E-state index in [0.29, 0.717) is 31.9 Å². The van der Waals surface area contributed by atoms with Crippen molar-refractivity contribution >= 4 is 23.2 Å². The van der Waals surface area contributed by atoms with E-state index in [9.17, 15) is 19.7 Å². The van der Waals surface area contributed by atoms with Gasteiger partial charge in [-0.25, -0.2) is 0 Å². The number of carbonyl (C=O) groups is 2. The Morgan fingerprint density at radius 3 is 2.54 bits per heavy atom. The van der Waals surface area contributed by atoms with E-state index in [1.807, 2.05) is 6.92 Å². The van der Waals surface area contributed by atoms with Gasteiger partial charge in [0, 0.05) is 6.07 Å². The first kappa shape index (κ1) is 19.6. The third-order valence-electron chi connectivity index (χ3n) is 4.98. The molecule has 2 N–H and O–H groups in total. The standard InChI is InChI=1S/C19H22N4O5/c1-13-10-15(16(23(26)27)11-14(13)2)20-18(24)12-21-5-7-22(8-6-21)19(25)17-4-3-9-28-17/h3-4,9-11H,5-8,12H2,1-2H3,(H,20,24)/p+1. The van der Waals surface area contributed by atoms with Crippen LogP contribution in [0.2, 0.25) is 0 Å². The topological polar surface area (TPSA) is 110 Å². The number of nitrogens with zero attached hydrogens (tertiary/aromatic N) is 2. The fourth-order valence-corrected chi connectivity index (χ4v) is 3.23. The highest BCUT2D eigenvalue weighted by Crippen LogP contribution is 2.27. The summed E-state index contributed by atoms with van der Waals surface area (Å²) in [6.45, 7) is 6.10. The summed E-state index contributed by atoms with van der Waals surface area (Å²) in [4.78, 5) is 38.2. The number of benzene rings is 1. The molecule has 1 fully saturated rings. The van der Waals surface area contributed by atoms with Gasteiger partial charge in [0.15, 0.2) is 12.3 Å². The monoisotopic (exact) mass is 387 g/mol. The Balaban J connectivity index is 1.56. The second-order valence-electron chi connectivity index (χ2n) is 6.96. The van der Waals surface area contributed by atoms with Crippen molar-refractivity contribution in [2.45, 2.75) is 13.8 Å². The molecule has 1 aliphatic heterocycles. The van der Waals surface area contributed by atoms with Crippen LogP contribution in [0.5, 0.6) is 0 Å². The van der Waals surface area contributed by atoms with Gasteiger partial charge < -0.3 is 19.5 Å². The van der Waals surface area contributed by atoms with Gasteiger partial charge in [-0.15, -0.1) is 0 Å². The number of piperazine rings is 1. The van der Waals surface area contributed by atoms with Crippen molar-refractivity contribution in [1.82, 2.24) is 4.90 Å². The molecule has 9 heteroatoms. The number of carbonyl (C=O) groups excluding carboxylic acids is 2. The zero-order valence-electron chi connectivity index (χ0n) is 15.9. The molecule has 0 unspecified atom stereocenters. The molecule has 0 spiro atoms. The predicted octanol–water partition coefficient (Wildman–Crippen LogP) is 0.784. The Hall–Kier alpha value is -3.20. The molecule has 2 aromatic rings. The number of furan rings is 1. The van der Waals surface area contributed by atoms with Gasteiger partial charge in [-0.3, -0.25) is 19.7 Å². The van der Waals surface area contributed by atoms with Gasteiger partial charge in [0.05, 0.1) is 37.4 Å². The molecule has 1 saturated heterocycles. The van der Waals surface area contributed by atoms with Gasteiger partial charge in [-0.1, -0.05) is 0 Å². The first-order chi connectivity index (χ1) is 13.3. The molecule has 0 aliphatic carbocycles. The number of nitrogens with one attached hydrogen (secondary N) is 2. The normalized spacial score (nSPS) is 14.7. The van der Waals surface area contributed by atoms with E-state index < -0.39 is 4.92 Å². The van der Waals surface area contributed by atoms with Crippen LogP contribution in [0.1, 0.15) is 21.7 Å². The van der Waals surface area contributed by atoms with E-state index >= 15 is 0 Å². The quantitative estimate of drug-likeness (QED) is 0.582. The predicted molar refractivity (Wildman–Crippen MR) is 101 cm³/mol. The lowest BCUT2D eigenvalue weighted by atomic mass is 10.1. The molecule has 1 aromatic heterocycles. The minimum absolute atomic E-state index is 0.111. The van der Waals surface area contributed by atoms with E-state index in [4.69, 9.17) is 4.42 Å². The summed E-state index contributed by atoms with van der Waals surface area (Å²) in [6.07, 6.45) is 1.46. The largest absolute Gasteiger partial charge is 0.459 e. The number of amides is 2. The van der Waals surface area contributed by atoms with Crippen LogP contribution in [0.4, 0.5) is 11.4 Å². The SMILES string of the molecule is Cc1cc(NC(=O)C[NH+]2CCN(C(=O)c3ccco3)CC2)c([N+](=O)[O-])cc1C. The summed E-state index contributed by atoms with van der Waals surface area (Å²) >= 11 is 0. The number of aryl methyl sites for hydroxylation is 2. The van der Waals surface area contributed by atoms with Gasteiger partial charge in [0.25, 0.3) is 17.5 Å². The number of anilines is 1. The number of nitro benzene ring substituents is 1. The molecule has 2 amide bonds. The fourth-order valence-electron chi connectivity index (χ4n) is 3.23. The summed E-state index contributed by atoms with van der Waals surface area (Å²) in [7, 11) is 0. The van der Waals surface area contributed by atoms with E-state index in [2.05, 4.69) is 5.32 Å². The number of hydrogen-bond acceptors (Lipinski definition) is 5. The van der Waals surface area contributed by atoms with E-state index in [1.165, 1.54) is 12.3 Å². The first-order valence-corrected chi connectivity index (χ1v) is 9.07. The van der Waals surface area contributed by atoms with E-state index in [-0.39, 0.29) is 29.7 Å². The van der Waals surface area contributed by atoms with Gasteiger partial charge in [0.2, 0.25) is 0 Å². The van der Waals surface area contributed by atoms with Gasteiger partial charge in [-0.05, 0) is 43.2 Å². The molecule has 9 nitrogen and oxygen atoms in total. The van der Waals surface area contributed by atoms with Crippen LogP contribution in [-0.4, -0.2) is 54.4 Å². The highest BCUT2D eigenvalue weighted by atomic mass is 16.6. The molecule has 2 heterocycles. The average molecular weight is 387 g/mol. The average Bonchev–Trinajstić information content (AvgIpc) is 3.19. The Morgan fingerprint density at radius 1 is 1.25 bits per heavy atom. The molecule has 0 saturated carbocycles. The number of nitro groups is 1. The lowest BCUT2D eigenvalue weighted by Crippen LogP contribution is -3.15. The fraction of sp³-hybridized carbons (Fsp3) is 0.368. The zero-order valence-corrected chi connectivity index (χ0v) is 15.9. The lowest BCUT2D eigenvalue weighted by Gasteiger charge is -2.31. The maximum absolute atomic E-state index is 12.4. The molecule has 1 aromatic carbocycles. The Bertz CT molecular complexity index is 886. The Kier molecular flexibility index (Phi) is 5.74. The van der Waals surface area contributed by atoms with Crippen molar-refractivity contribution in [2.75, 3.05) is 38.0 Å². The maximum atomic E-state index is 12.4. The molecular weight excluding hydrogens is 364 g/mol. The smallest absolute Gasteiger partial charge is 0.293 e. The molecule has 0 radical (unpaired) electrons. The summed E-state index contributed by atoms with van der Waals surface area (Å²) in [5, 5.41) is 13.9. The van der Waals surface area contributed by atoms with Crippen LogP contribution in [0.15, 0.2) is 34.9 Å². The van der Waals surface area contributed by atoms with Crippen LogP contribution >= 0.6 is 0 Å². The minimum Gasteiger partial charge on any atom is -0.459 e. The van der Waals surface area contributed by atoms with Crippen molar-refractivity contribution in [3.05, 3.63) is 57.5 Å². The molecule has 0 bridgehead atoms. The van der Waals surface area contributed by atoms with E-state index in [0.717, 1.165) is 16.0 Å². The molecule has 1 aliphatic rings. The third-order valence-corrected chi connectivity index (χ3v) is 4.98. The molecule has 148 valence electrons. The number of hydrogen-bond donors (Lipinski definition) is 2. The van der Waals surface area contributed by atoms with Crippen molar-refractivity contribution in [3.8, 4) is 0 Å². The third kappa shape index (κ3) is 4.37. The maximum Gasteiger partial charge on any atom is 0.293 e. The van der Waals surface area contributed by atoms with Gasteiger partial charge >= 0.3 is 0 Å². The minimum atomic E-state index is -0.492. The van der Waals surface area contributed by atoms with Crippen LogP contribution < -0.4 is 10.2 Å². The van der Waals surface area contributed by atoms with Crippen LogP contribution in [0, 0.1) is 24.0 Å². The molecule has 3 rings (SSSR count). The van der Waals surface area contributed by atoms with Crippen LogP contribution in [0.25, 0.3) is 0 Å². The van der Waals surface area contributed by atoms with Crippen molar-refractivity contribution in [2.24, 2.45) is 0 Å². The summed E-state index contributed by atoms with van der Waals surface area (Å²) < 4.78 is 5.14. The zero-order chi connectivity index (χ0) is 20.3. The second-order valence-corrected chi connectivity index (χ2v) is 6.96. The summed E-state index contributed by atoms with van der Waals surface area (Å²) in [6, 6.07) is 6.40. The molecule has 28 heavy (non-hydrogen) atoms. The highest BCUT2D eigenvalue weighted by Gasteiger charge is 2.27. The number of rotatable bonds is 5. The van der Waals surface area contributed by atoms with Crippen LogP contribution in [-0.2, 0) is 4.79 Å². The summed E-state index contributed by atoms with van der Waals surface area (Å²) in [5.41, 5.74) is 1.77. The molecular formula is C19H23N4O5+. The van der Waals surface area contributed by atoms with Gasteiger partial charge in [0.1, 0.15) is 5.69 Å². The Labute approximate surface area is 162 Å². The van der Waals surface area contributed by atoms with Crippen LogP contribution in [0.3, 0.4) is 0 Å². The Morgan fingerprint density at radius 2 is 1.93 bits per heavy atom. The second kappa shape index (κ2) is 8.22. The van der Waals surface area contributed by atoms with Crippen molar-refractivity contribution < 1.29 is 23.8 Å². The molecule has 0 atom stereocenters. The van der Waals surface area contributed by atoms with E-state index in [1.54, 1.807) is 30.0 Å².